The number of fused-ring (bicyclic) bond motifs is 3. The first-order valence-corrected chi connectivity index (χ1v) is 8.16. The van der Waals surface area contributed by atoms with E-state index < -0.39 is 0 Å². The highest BCUT2D eigenvalue weighted by Crippen LogP contribution is 2.31. The molecule has 1 aliphatic rings. The average molecular weight is 303 g/mol. The molecule has 2 aromatic heterocycles. The predicted octanol–water partition coefficient (Wildman–Crippen LogP) is 4.01. The molecule has 0 saturated heterocycles. The van der Waals surface area contributed by atoms with Crippen LogP contribution in [0.15, 0.2) is 42.7 Å². The summed E-state index contributed by atoms with van der Waals surface area (Å²) in [5, 5.41) is 4.89. The standard InChI is InChI=1S/C20H21N3/c1-14-3-4-19-17(11-14)18-12-22-10-7-20(18)23(19)13-15(2)16-5-8-21-9-6-16/h3-6,8-9,11,13,22H,7,10,12H2,1-2H3/b15-13-. The van der Waals surface area contributed by atoms with Gasteiger partial charge in [-0.25, -0.2) is 0 Å². The topological polar surface area (TPSA) is 29.9 Å². The average Bonchev–Trinajstić information content (AvgIpc) is 2.89. The van der Waals surface area contributed by atoms with Gasteiger partial charge in [-0.05, 0) is 54.8 Å². The van der Waals surface area contributed by atoms with Crippen molar-refractivity contribution < 1.29 is 0 Å². The van der Waals surface area contributed by atoms with E-state index in [4.69, 9.17) is 0 Å². The van der Waals surface area contributed by atoms with Crippen molar-refractivity contribution >= 4 is 22.7 Å². The fourth-order valence-corrected chi connectivity index (χ4v) is 3.47. The molecule has 1 N–H and O–H groups in total. The molecule has 3 heterocycles. The maximum atomic E-state index is 4.11. The Morgan fingerprint density at radius 2 is 2.04 bits per heavy atom. The second-order valence-electron chi connectivity index (χ2n) is 6.29. The number of hydrogen-bond acceptors (Lipinski definition) is 2. The molecule has 23 heavy (non-hydrogen) atoms. The van der Waals surface area contributed by atoms with E-state index >= 15 is 0 Å². The van der Waals surface area contributed by atoms with Crippen LogP contribution in [-0.4, -0.2) is 16.1 Å². The van der Waals surface area contributed by atoms with Gasteiger partial charge in [-0.3, -0.25) is 4.98 Å². The number of aromatic nitrogens is 2. The number of nitrogens with one attached hydrogen (secondary N) is 1. The van der Waals surface area contributed by atoms with Gasteiger partial charge in [-0.15, -0.1) is 0 Å². The van der Waals surface area contributed by atoms with Gasteiger partial charge in [0.05, 0.1) is 5.52 Å². The maximum Gasteiger partial charge on any atom is 0.0529 e. The van der Waals surface area contributed by atoms with Crippen LogP contribution >= 0.6 is 0 Å². The third-order valence-corrected chi connectivity index (χ3v) is 4.67. The van der Waals surface area contributed by atoms with E-state index in [0.717, 1.165) is 19.5 Å². The first kappa shape index (κ1) is 14.2. The van der Waals surface area contributed by atoms with Crippen LogP contribution in [0.25, 0.3) is 22.7 Å². The van der Waals surface area contributed by atoms with Crippen LogP contribution in [0.5, 0.6) is 0 Å². The van der Waals surface area contributed by atoms with E-state index in [-0.39, 0.29) is 0 Å². The van der Waals surface area contributed by atoms with E-state index in [1.54, 1.807) is 0 Å². The summed E-state index contributed by atoms with van der Waals surface area (Å²) in [7, 11) is 0. The molecule has 1 aromatic carbocycles. The fraction of sp³-hybridized carbons (Fsp3) is 0.250. The fourth-order valence-electron chi connectivity index (χ4n) is 3.47. The van der Waals surface area contributed by atoms with Gasteiger partial charge in [0.15, 0.2) is 0 Å². The van der Waals surface area contributed by atoms with Crippen molar-refractivity contribution in [2.75, 3.05) is 6.54 Å². The Labute approximate surface area is 136 Å². The van der Waals surface area contributed by atoms with Crippen LogP contribution in [0, 0.1) is 6.92 Å². The zero-order valence-corrected chi connectivity index (χ0v) is 13.6. The van der Waals surface area contributed by atoms with Crippen molar-refractivity contribution in [1.29, 1.82) is 0 Å². The normalized spacial score (nSPS) is 15.0. The summed E-state index contributed by atoms with van der Waals surface area (Å²) in [6.07, 6.45) is 7.05. The highest BCUT2D eigenvalue weighted by atomic mass is 15.0. The van der Waals surface area contributed by atoms with Crippen molar-refractivity contribution in [3.63, 3.8) is 0 Å². The summed E-state index contributed by atoms with van der Waals surface area (Å²) in [4.78, 5) is 4.11. The minimum absolute atomic E-state index is 0.963. The van der Waals surface area contributed by atoms with E-state index in [9.17, 15) is 0 Å². The molecule has 116 valence electrons. The van der Waals surface area contributed by atoms with Gasteiger partial charge < -0.3 is 9.88 Å². The minimum atomic E-state index is 0.963. The van der Waals surface area contributed by atoms with Gasteiger partial charge in [0.2, 0.25) is 0 Å². The lowest BCUT2D eigenvalue weighted by molar-refractivity contribution is 0.634. The number of aryl methyl sites for hydroxylation is 1. The molecule has 3 nitrogen and oxygen atoms in total. The third kappa shape index (κ3) is 2.47. The Morgan fingerprint density at radius 3 is 2.87 bits per heavy atom. The molecule has 0 saturated carbocycles. The summed E-state index contributed by atoms with van der Waals surface area (Å²) in [5.74, 6) is 0. The van der Waals surface area contributed by atoms with Crippen LogP contribution in [-0.2, 0) is 13.0 Å². The second kappa shape index (κ2) is 5.67. The Hall–Kier alpha value is -2.39. The van der Waals surface area contributed by atoms with E-state index in [2.05, 4.69) is 65.2 Å². The van der Waals surface area contributed by atoms with Gasteiger partial charge in [-0.2, -0.15) is 0 Å². The molecule has 0 spiro atoms. The summed E-state index contributed by atoms with van der Waals surface area (Å²) in [5.41, 5.74) is 7.99. The molecule has 0 unspecified atom stereocenters. The molecule has 0 atom stereocenters. The summed E-state index contributed by atoms with van der Waals surface area (Å²) >= 11 is 0. The number of hydrogen-bond donors (Lipinski definition) is 1. The molecule has 0 bridgehead atoms. The van der Waals surface area contributed by atoms with Gasteiger partial charge in [0.1, 0.15) is 0 Å². The van der Waals surface area contributed by atoms with Gasteiger partial charge in [0, 0.05) is 49.2 Å². The number of pyridine rings is 1. The van der Waals surface area contributed by atoms with Gasteiger partial charge in [-0.1, -0.05) is 11.6 Å². The monoisotopic (exact) mass is 303 g/mol. The SMILES string of the molecule is C/C(=C/n1c2c(c3cc(C)ccc31)CNCC2)c1ccncc1. The maximum absolute atomic E-state index is 4.11. The quantitative estimate of drug-likeness (QED) is 0.775. The van der Waals surface area contributed by atoms with E-state index in [0.29, 0.717) is 0 Å². The third-order valence-electron chi connectivity index (χ3n) is 4.67. The second-order valence-corrected chi connectivity index (χ2v) is 6.29. The van der Waals surface area contributed by atoms with Crippen molar-refractivity contribution in [1.82, 2.24) is 14.9 Å². The van der Waals surface area contributed by atoms with E-state index in [1.807, 2.05) is 12.4 Å². The smallest absolute Gasteiger partial charge is 0.0529 e. The Kier molecular flexibility index (Phi) is 3.50. The van der Waals surface area contributed by atoms with Crippen LogP contribution in [0.1, 0.15) is 29.3 Å². The lowest BCUT2D eigenvalue weighted by atomic mass is 10.0. The first-order chi connectivity index (χ1) is 11.2. The lowest BCUT2D eigenvalue weighted by Crippen LogP contribution is -2.24. The summed E-state index contributed by atoms with van der Waals surface area (Å²) in [6.45, 7) is 6.34. The number of benzene rings is 1. The van der Waals surface area contributed by atoms with Crippen molar-refractivity contribution in [2.45, 2.75) is 26.8 Å². The molecule has 3 heteroatoms. The molecular formula is C20H21N3. The van der Waals surface area contributed by atoms with Gasteiger partial charge >= 0.3 is 0 Å². The molecular weight excluding hydrogens is 282 g/mol. The Morgan fingerprint density at radius 1 is 1.22 bits per heavy atom. The van der Waals surface area contributed by atoms with Gasteiger partial charge in [0.25, 0.3) is 0 Å². The van der Waals surface area contributed by atoms with Crippen LogP contribution in [0.3, 0.4) is 0 Å². The molecule has 0 amide bonds. The molecule has 0 aliphatic carbocycles. The molecule has 4 rings (SSSR count). The largest absolute Gasteiger partial charge is 0.320 e. The Balaban J connectivity index is 1.93. The highest BCUT2D eigenvalue weighted by Gasteiger charge is 2.19. The predicted molar refractivity (Wildman–Crippen MR) is 96.2 cm³/mol. The van der Waals surface area contributed by atoms with Crippen molar-refractivity contribution in [3.05, 3.63) is 65.1 Å². The minimum Gasteiger partial charge on any atom is -0.320 e. The number of allylic oxidation sites excluding steroid dienone is 1. The van der Waals surface area contributed by atoms with E-state index in [1.165, 1.54) is 38.9 Å². The lowest BCUT2D eigenvalue weighted by Gasteiger charge is -2.15. The molecule has 0 fully saturated rings. The number of rotatable bonds is 2. The van der Waals surface area contributed by atoms with Crippen molar-refractivity contribution in [3.8, 4) is 0 Å². The zero-order valence-electron chi connectivity index (χ0n) is 13.6. The summed E-state index contributed by atoms with van der Waals surface area (Å²) in [6, 6.07) is 10.9. The molecule has 0 radical (unpaired) electrons. The first-order valence-electron chi connectivity index (χ1n) is 8.16. The van der Waals surface area contributed by atoms with Crippen LogP contribution in [0.2, 0.25) is 0 Å². The highest BCUT2D eigenvalue weighted by molar-refractivity contribution is 5.90. The number of nitrogens with zero attached hydrogens (tertiary/aromatic N) is 2. The molecule has 3 aromatic rings. The zero-order chi connectivity index (χ0) is 15.8. The Bertz CT molecular complexity index is 888. The van der Waals surface area contributed by atoms with Crippen LogP contribution < -0.4 is 5.32 Å². The molecule has 1 aliphatic heterocycles. The van der Waals surface area contributed by atoms with Crippen LogP contribution in [0.4, 0.5) is 0 Å². The van der Waals surface area contributed by atoms with Crippen molar-refractivity contribution in [2.24, 2.45) is 0 Å². The summed E-state index contributed by atoms with van der Waals surface area (Å²) < 4.78 is 2.39.